The monoisotopic (exact) mass is 352 g/mol. The summed E-state index contributed by atoms with van der Waals surface area (Å²) in [5.41, 5.74) is 2.57. The Morgan fingerprint density at radius 2 is 1.96 bits per heavy atom. The van der Waals surface area contributed by atoms with Crippen molar-refractivity contribution < 1.29 is 14.3 Å². The molecule has 2 aromatic rings. The SMILES string of the molecule is CC(C)N1Cc2cc(NC(=O)Cc3ccccc3)ccc2O[C@@H](C)C1=O. The van der Waals surface area contributed by atoms with Crippen molar-refractivity contribution in [3.05, 3.63) is 59.7 Å². The summed E-state index contributed by atoms with van der Waals surface area (Å²) in [4.78, 5) is 26.5. The van der Waals surface area contributed by atoms with Gasteiger partial charge in [-0.2, -0.15) is 0 Å². The Kier molecular flexibility index (Phi) is 5.26. The van der Waals surface area contributed by atoms with Crippen molar-refractivity contribution >= 4 is 17.5 Å². The maximum atomic E-state index is 12.5. The molecule has 5 heteroatoms. The van der Waals surface area contributed by atoms with E-state index in [1.165, 1.54) is 0 Å². The summed E-state index contributed by atoms with van der Waals surface area (Å²) in [6, 6.07) is 15.2. The Morgan fingerprint density at radius 1 is 1.23 bits per heavy atom. The quantitative estimate of drug-likeness (QED) is 0.918. The summed E-state index contributed by atoms with van der Waals surface area (Å²) in [5.74, 6) is 0.594. The van der Waals surface area contributed by atoms with Crippen LogP contribution in [-0.2, 0) is 22.6 Å². The number of hydrogen-bond acceptors (Lipinski definition) is 3. The Balaban J connectivity index is 1.77. The van der Waals surface area contributed by atoms with Crippen LogP contribution in [0.3, 0.4) is 0 Å². The third kappa shape index (κ3) is 4.04. The van der Waals surface area contributed by atoms with Gasteiger partial charge < -0.3 is 15.0 Å². The summed E-state index contributed by atoms with van der Waals surface area (Å²) >= 11 is 0. The van der Waals surface area contributed by atoms with E-state index in [1.807, 2.05) is 62.4 Å². The van der Waals surface area contributed by atoms with Crippen molar-refractivity contribution in [1.29, 1.82) is 0 Å². The van der Waals surface area contributed by atoms with Gasteiger partial charge >= 0.3 is 0 Å². The predicted molar refractivity (Wildman–Crippen MR) is 101 cm³/mol. The Bertz CT molecular complexity index is 802. The first-order valence-electron chi connectivity index (χ1n) is 8.88. The van der Waals surface area contributed by atoms with Gasteiger partial charge in [-0.3, -0.25) is 9.59 Å². The van der Waals surface area contributed by atoms with E-state index in [0.717, 1.165) is 11.1 Å². The van der Waals surface area contributed by atoms with Crippen LogP contribution >= 0.6 is 0 Å². The standard InChI is InChI=1S/C21H24N2O3/c1-14(2)23-13-17-12-18(9-10-19(17)26-15(3)21(23)25)22-20(24)11-16-7-5-4-6-8-16/h4-10,12,14-15H,11,13H2,1-3H3,(H,22,24)/t15-/m0/s1. The molecule has 1 heterocycles. The molecule has 0 radical (unpaired) electrons. The fourth-order valence-electron chi connectivity index (χ4n) is 3.06. The summed E-state index contributed by atoms with van der Waals surface area (Å²) in [5, 5.41) is 2.93. The van der Waals surface area contributed by atoms with Crippen molar-refractivity contribution in [2.45, 2.75) is 45.9 Å². The average Bonchev–Trinajstić information content (AvgIpc) is 2.73. The van der Waals surface area contributed by atoms with Crippen LogP contribution < -0.4 is 10.1 Å². The van der Waals surface area contributed by atoms with E-state index in [0.29, 0.717) is 24.4 Å². The van der Waals surface area contributed by atoms with Gasteiger partial charge in [0.15, 0.2) is 6.10 Å². The van der Waals surface area contributed by atoms with E-state index < -0.39 is 6.10 Å². The number of ether oxygens (including phenoxy) is 1. The topological polar surface area (TPSA) is 58.6 Å². The lowest BCUT2D eigenvalue weighted by atomic mass is 10.1. The second-order valence-electron chi connectivity index (χ2n) is 6.85. The molecule has 0 spiro atoms. The van der Waals surface area contributed by atoms with E-state index in [9.17, 15) is 9.59 Å². The van der Waals surface area contributed by atoms with E-state index in [-0.39, 0.29) is 17.9 Å². The van der Waals surface area contributed by atoms with Gasteiger partial charge in [0.25, 0.3) is 5.91 Å². The molecule has 0 bridgehead atoms. The molecule has 0 fully saturated rings. The van der Waals surface area contributed by atoms with Gasteiger partial charge in [0.2, 0.25) is 5.91 Å². The molecule has 1 aliphatic heterocycles. The highest BCUT2D eigenvalue weighted by atomic mass is 16.5. The van der Waals surface area contributed by atoms with Crippen LogP contribution in [0, 0.1) is 0 Å². The number of fused-ring (bicyclic) bond motifs is 1. The number of anilines is 1. The highest BCUT2D eigenvalue weighted by Gasteiger charge is 2.29. The molecular formula is C21H24N2O3. The highest BCUT2D eigenvalue weighted by molar-refractivity contribution is 5.92. The second-order valence-corrected chi connectivity index (χ2v) is 6.85. The molecule has 2 aromatic carbocycles. The van der Waals surface area contributed by atoms with Gasteiger partial charge in [-0.1, -0.05) is 30.3 Å². The molecule has 26 heavy (non-hydrogen) atoms. The number of carbonyl (C=O) groups is 2. The number of rotatable bonds is 4. The minimum atomic E-state index is -0.517. The smallest absolute Gasteiger partial charge is 0.263 e. The molecule has 1 atom stereocenters. The normalized spacial score (nSPS) is 16.7. The molecular weight excluding hydrogens is 328 g/mol. The molecule has 3 rings (SSSR count). The van der Waals surface area contributed by atoms with Crippen molar-refractivity contribution in [1.82, 2.24) is 4.90 Å². The molecule has 136 valence electrons. The molecule has 0 aliphatic carbocycles. The summed E-state index contributed by atoms with van der Waals surface area (Å²) in [7, 11) is 0. The fourth-order valence-corrected chi connectivity index (χ4v) is 3.06. The Labute approximate surface area is 154 Å². The van der Waals surface area contributed by atoms with Crippen LogP contribution in [0.1, 0.15) is 31.9 Å². The zero-order chi connectivity index (χ0) is 18.7. The van der Waals surface area contributed by atoms with E-state index >= 15 is 0 Å². The molecule has 0 saturated heterocycles. The lowest BCUT2D eigenvalue weighted by Gasteiger charge is -2.26. The molecule has 0 unspecified atom stereocenters. The van der Waals surface area contributed by atoms with Crippen molar-refractivity contribution in [2.24, 2.45) is 0 Å². The first-order chi connectivity index (χ1) is 12.4. The van der Waals surface area contributed by atoms with E-state index in [2.05, 4.69) is 5.32 Å². The van der Waals surface area contributed by atoms with Crippen molar-refractivity contribution in [2.75, 3.05) is 5.32 Å². The van der Waals surface area contributed by atoms with Gasteiger partial charge in [0, 0.05) is 23.8 Å². The zero-order valence-corrected chi connectivity index (χ0v) is 15.4. The van der Waals surface area contributed by atoms with Crippen LogP contribution in [0.5, 0.6) is 5.75 Å². The first-order valence-corrected chi connectivity index (χ1v) is 8.88. The van der Waals surface area contributed by atoms with Gasteiger partial charge in [-0.05, 0) is 44.5 Å². The summed E-state index contributed by atoms with van der Waals surface area (Å²) in [6.07, 6.45) is -0.195. The predicted octanol–water partition coefficient (Wildman–Crippen LogP) is 3.39. The third-order valence-corrected chi connectivity index (χ3v) is 4.45. The van der Waals surface area contributed by atoms with E-state index in [4.69, 9.17) is 4.74 Å². The minimum Gasteiger partial charge on any atom is -0.481 e. The number of nitrogens with one attached hydrogen (secondary N) is 1. The number of nitrogens with zero attached hydrogens (tertiary/aromatic N) is 1. The molecule has 1 aliphatic rings. The molecule has 2 amide bonds. The van der Waals surface area contributed by atoms with E-state index in [1.54, 1.807) is 11.8 Å². The number of carbonyl (C=O) groups excluding carboxylic acids is 2. The molecule has 0 aromatic heterocycles. The number of amides is 2. The second kappa shape index (κ2) is 7.60. The Hall–Kier alpha value is -2.82. The highest BCUT2D eigenvalue weighted by Crippen LogP contribution is 2.29. The first kappa shape index (κ1) is 18.0. The van der Waals surface area contributed by atoms with Gasteiger partial charge in [-0.15, -0.1) is 0 Å². The largest absolute Gasteiger partial charge is 0.481 e. The molecule has 1 N–H and O–H groups in total. The van der Waals surface area contributed by atoms with Crippen LogP contribution in [0.25, 0.3) is 0 Å². The van der Waals surface area contributed by atoms with Crippen LogP contribution in [0.2, 0.25) is 0 Å². The number of benzene rings is 2. The molecule has 5 nitrogen and oxygen atoms in total. The number of hydrogen-bond donors (Lipinski definition) is 1. The maximum absolute atomic E-state index is 12.5. The Morgan fingerprint density at radius 3 is 2.65 bits per heavy atom. The third-order valence-electron chi connectivity index (χ3n) is 4.45. The van der Waals surface area contributed by atoms with Gasteiger partial charge in [0.1, 0.15) is 5.75 Å². The lowest BCUT2D eigenvalue weighted by Crippen LogP contribution is -2.41. The van der Waals surface area contributed by atoms with Gasteiger partial charge in [0.05, 0.1) is 6.42 Å². The van der Waals surface area contributed by atoms with Crippen LogP contribution in [0.4, 0.5) is 5.69 Å². The summed E-state index contributed by atoms with van der Waals surface area (Å²) < 4.78 is 5.80. The van der Waals surface area contributed by atoms with Gasteiger partial charge in [-0.25, -0.2) is 0 Å². The lowest BCUT2D eigenvalue weighted by molar-refractivity contribution is -0.139. The van der Waals surface area contributed by atoms with Crippen molar-refractivity contribution in [3.8, 4) is 5.75 Å². The molecule has 0 saturated carbocycles. The van der Waals surface area contributed by atoms with Crippen LogP contribution in [0.15, 0.2) is 48.5 Å². The van der Waals surface area contributed by atoms with Crippen molar-refractivity contribution in [3.63, 3.8) is 0 Å². The van der Waals surface area contributed by atoms with Crippen LogP contribution in [-0.4, -0.2) is 28.9 Å². The zero-order valence-electron chi connectivity index (χ0n) is 15.4. The average molecular weight is 352 g/mol. The maximum Gasteiger partial charge on any atom is 0.263 e. The fraction of sp³-hybridized carbons (Fsp3) is 0.333. The minimum absolute atomic E-state index is 0.0223. The summed E-state index contributed by atoms with van der Waals surface area (Å²) in [6.45, 7) is 6.21.